The molecule has 0 spiro atoms. The number of rotatable bonds is 3. The largest absolute Gasteiger partial charge is 0.467 e. The van der Waals surface area contributed by atoms with Crippen LogP contribution in [0.2, 0.25) is 5.28 Å². The van der Waals surface area contributed by atoms with Gasteiger partial charge in [-0.25, -0.2) is 0 Å². The molecule has 94 valence electrons. The monoisotopic (exact) mass is 256 g/mol. The highest BCUT2D eigenvalue weighted by molar-refractivity contribution is 6.28. The van der Waals surface area contributed by atoms with E-state index in [1.54, 1.807) is 0 Å². The molecule has 1 aromatic rings. The molecule has 0 saturated carbocycles. The van der Waals surface area contributed by atoms with E-state index in [1.807, 2.05) is 0 Å². The Balaban J connectivity index is 2.34. The minimum atomic E-state index is 0.181. The molecule has 1 saturated heterocycles. The van der Waals surface area contributed by atoms with Crippen LogP contribution >= 0.6 is 11.6 Å². The van der Waals surface area contributed by atoms with Gasteiger partial charge in [-0.2, -0.15) is 15.0 Å². The maximum Gasteiger partial charge on any atom is 0.322 e. The van der Waals surface area contributed by atoms with Crippen molar-refractivity contribution in [2.75, 3.05) is 12.0 Å². The Morgan fingerprint density at radius 1 is 1.35 bits per heavy atom. The summed E-state index contributed by atoms with van der Waals surface area (Å²) < 4.78 is 5.03. The number of aromatic nitrogens is 3. The Labute approximate surface area is 106 Å². The smallest absolute Gasteiger partial charge is 0.322 e. The van der Waals surface area contributed by atoms with Crippen LogP contribution in [0.15, 0.2) is 0 Å². The van der Waals surface area contributed by atoms with E-state index in [-0.39, 0.29) is 11.3 Å². The summed E-state index contributed by atoms with van der Waals surface area (Å²) in [6.07, 6.45) is 3.41. The van der Waals surface area contributed by atoms with Gasteiger partial charge in [-0.3, -0.25) is 0 Å². The summed E-state index contributed by atoms with van der Waals surface area (Å²) >= 11 is 5.88. The van der Waals surface area contributed by atoms with Crippen LogP contribution in [0.1, 0.15) is 33.1 Å². The average molecular weight is 257 g/mol. The van der Waals surface area contributed by atoms with E-state index in [2.05, 4.69) is 33.7 Å². The minimum absolute atomic E-state index is 0.181. The lowest BCUT2D eigenvalue weighted by Gasteiger charge is -2.27. The predicted octanol–water partition coefficient (Wildman–Crippen LogP) is 2.30. The molecule has 2 rings (SSSR count). The van der Waals surface area contributed by atoms with Crippen molar-refractivity contribution >= 4 is 17.5 Å². The van der Waals surface area contributed by atoms with Crippen molar-refractivity contribution in [1.29, 1.82) is 0 Å². The van der Waals surface area contributed by atoms with E-state index in [9.17, 15) is 0 Å². The molecule has 0 amide bonds. The van der Waals surface area contributed by atoms with E-state index in [0.717, 1.165) is 12.8 Å². The minimum Gasteiger partial charge on any atom is -0.467 e. The molecule has 0 bridgehead atoms. The van der Waals surface area contributed by atoms with Crippen LogP contribution in [0.3, 0.4) is 0 Å². The van der Waals surface area contributed by atoms with E-state index >= 15 is 0 Å². The van der Waals surface area contributed by atoms with Crippen LogP contribution in [0.5, 0.6) is 6.01 Å². The third kappa shape index (κ3) is 2.44. The van der Waals surface area contributed by atoms with Crippen LogP contribution in [0.4, 0.5) is 5.95 Å². The van der Waals surface area contributed by atoms with Crippen molar-refractivity contribution in [2.24, 2.45) is 0 Å². The quantitative estimate of drug-likeness (QED) is 0.831. The maximum absolute atomic E-state index is 5.88. The first-order chi connectivity index (χ1) is 8.15. The number of nitrogens with zero attached hydrogens (tertiary/aromatic N) is 4. The number of halogens is 1. The molecule has 0 N–H and O–H groups in total. The fraction of sp³-hybridized carbons (Fsp3) is 0.727. The van der Waals surface area contributed by atoms with Crippen LogP contribution in [0, 0.1) is 0 Å². The lowest BCUT2D eigenvalue weighted by molar-refractivity contribution is 0.377. The topological polar surface area (TPSA) is 51.1 Å². The maximum atomic E-state index is 5.88. The lowest BCUT2D eigenvalue weighted by atomic mass is 10.2. The summed E-state index contributed by atoms with van der Waals surface area (Å²) in [5.74, 6) is 0.624. The van der Waals surface area contributed by atoms with E-state index in [4.69, 9.17) is 16.3 Å². The zero-order chi connectivity index (χ0) is 12.4. The fourth-order valence-corrected chi connectivity index (χ4v) is 2.51. The van der Waals surface area contributed by atoms with E-state index in [0.29, 0.717) is 18.0 Å². The van der Waals surface area contributed by atoms with Crippen molar-refractivity contribution < 1.29 is 4.74 Å². The van der Waals surface area contributed by atoms with Gasteiger partial charge in [-0.15, -0.1) is 0 Å². The second-order valence-corrected chi connectivity index (χ2v) is 4.62. The Hall–Kier alpha value is -1.10. The molecule has 1 aromatic heterocycles. The molecular weight excluding hydrogens is 240 g/mol. The Morgan fingerprint density at radius 2 is 2.12 bits per heavy atom. The van der Waals surface area contributed by atoms with Gasteiger partial charge in [-0.05, 0) is 37.8 Å². The molecule has 0 aromatic carbocycles. The summed E-state index contributed by atoms with van der Waals surface area (Å²) in [6, 6.07) is 1.19. The molecular formula is C11H17ClN4O. The average Bonchev–Trinajstić information content (AvgIpc) is 2.69. The number of hydrogen-bond acceptors (Lipinski definition) is 5. The predicted molar refractivity (Wildman–Crippen MR) is 66.6 cm³/mol. The first kappa shape index (κ1) is 12.4. The normalized spacial score (nSPS) is 24.1. The summed E-state index contributed by atoms with van der Waals surface area (Å²) in [4.78, 5) is 14.6. The van der Waals surface area contributed by atoms with E-state index < -0.39 is 0 Å². The highest BCUT2D eigenvalue weighted by Gasteiger charge is 2.31. The summed E-state index contributed by atoms with van der Waals surface area (Å²) in [7, 11) is 1.53. The highest BCUT2D eigenvalue weighted by atomic mass is 35.5. The first-order valence-corrected chi connectivity index (χ1v) is 6.27. The second kappa shape index (κ2) is 5.04. The third-order valence-corrected chi connectivity index (χ3v) is 3.42. The van der Waals surface area contributed by atoms with Crippen molar-refractivity contribution in [3.05, 3.63) is 5.28 Å². The van der Waals surface area contributed by atoms with Crippen LogP contribution in [0.25, 0.3) is 0 Å². The summed E-state index contributed by atoms with van der Waals surface area (Å²) in [5, 5.41) is 0.181. The van der Waals surface area contributed by atoms with Crippen LogP contribution < -0.4 is 9.64 Å². The zero-order valence-corrected chi connectivity index (χ0v) is 11.1. The summed E-state index contributed by atoms with van der Waals surface area (Å²) in [5.41, 5.74) is 0. The molecule has 2 unspecified atom stereocenters. The van der Waals surface area contributed by atoms with Gasteiger partial charge in [0.15, 0.2) is 0 Å². The van der Waals surface area contributed by atoms with Gasteiger partial charge in [-0.1, -0.05) is 6.92 Å². The molecule has 1 aliphatic rings. The van der Waals surface area contributed by atoms with Gasteiger partial charge in [0.05, 0.1) is 7.11 Å². The Kier molecular flexibility index (Phi) is 3.66. The van der Waals surface area contributed by atoms with E-state index in [1.165, 1.54) is 13.5 Å². The number of methoxy groups -OCH3 is 1. The molecule has 2 atom stereocenters. The van der Waals surface area contributed by atoms with Crippen molar-refractivity contribution in [3.63, 3.8) is 0 Å². The van der Waals surface area contributed by atoms with Crippen LogP contribution in [-0.4, -0.2) is 34.1 Å². The van der Waals surface area contributed by atoms with Gasteiger partial charge in [0.2, 0.25) is 11.2 Å². The standard InChI is InChI=1S/C11H17ClN4O/c1-4-8-6-5-7(2)16(8)10-13-9(12)14-11(15-10)17-3/h7-8H,4-6H2,1-3H3. The SMILES string of the molecule is CCC1CCC(C)N1c1nc(Cl)nc(OC)n1. The van der Waals surface area contributed by atoms with Gasteiger partial charge in [0.25, 0.3) is 0 Å². The molecule has 5 nitrogen and oxygen atoms in total. The summed E-state index contributed by atoms with van der Waals surface area (Å²) in [6.45, 7) is 4.36. The molecule has 1 fully saturated rings. The van der Waals surface area contributed by atoms with Gasteiger partial charge < -0.3 is 9.64 Å². The first-order valence-electron chi connectivity index (χ1n) is 5.89. The van der Waals surface area contributed by atoms with Gasteiger partial charge >= 0.3 is 6.01 Å². The van der Waals surface area contributed by atoms with Crippen LogP contribution in [-0.2, 0) is 0 Å². The number of ether oxygens (including phenoxy) is 1. The second-order valence-electron chi connectivity index (χ2n) is 4.29. The van der Waals surface area contributed by atoms with Crippen molar-refractivity contribution in [3.8, 4) is 6.01 Å². The number of anilines is 1. The molecule has 0 aliphatic carbocycles. The van der Waals surface area contributed by atoms with Gasteiger partial charge in [0, 0.05) is 12.1 Å². The zero-order valence-electron chi connectivity index (χ0n) is 10.4. The highest BCUT2D eigenvalue weighted by Crippen LogP contribution is 2.30. The third-order valence-electron chi connectivity index (χ3n) is 3.25. The molecule has 0 radical (unpaired) electrons. The van der Waals surface area contributed by atoms with Crippen molar-refractivity contribution in [1.82, 2.24) is 15.0 Å². The molecule has 6 heteroatoms. The lowest BCUT2D eigenvalue weighted by Crippen LogP contribution is -2.35. The molecule has 1 aliphatic heterocycles. The molecule has 17 heavy (non-hydrogen) atoms. The number of hydrogen-bond donors (Lipinski definition) is 0. The molecule has 2 heterocycles. The van der Waals surface area contributed by atoms with Gasteiger partial charge in [0.1, 0.15) is 0 Å². The Morgan fingerprint density at radius 3 is 2.76 bits per heavy atom. The fourth-order valence-electron chi connectivity index (χ4n) is 2.36. The Bertz CT molecular complexity index is 401. The van der Waals surface area contributed by atoms with Crippen molar-refractivity contribution in [2.45, 2.75) is 45.2 Å².